The van der Waals surface area contributed by atoms with E-state index in [4.69, 9.17) is 16.3 Å². The molecule has 2 heterocycles. The first-order valence-electron chi connectivity index (χ1n) is 9.50. The highest BCUT2D eigenvalue weighted by molar-refractivity contribution is 7.99. The van der Waals surface area contributed by atoms with Gasteiger partial charge in [-0.3, -0.25) is 4.68 Å². The lowest BCUT2D eigenvalue weighted by atomic mass is 10.1. The summed E-state index contributed by atoms with van der Waals surface area (Å²) < 4.78 is 21.6. The lowest BCUT2D eigenvalue weighted by molar-refractivity contribution is 0.413. The van der Waals surface area contributed by atoms with Gasteiger partial charge in [0.25, 0.3) is 0 Å². The molecule has 1 aliphatic rings. The second-order valence-corrected chi connectivity index (χ2v) is 8.75. The normalized spacial score (nSPS) is 16.4. The van der Waals surface area contributed by atoms with Gasteiger partial charge in [0, 0.05) is 41.4 Å². The minimum atomic E-state index is -0.158. The monoisotopic (exact) mass is 431 g/mol. The molecule has 7 heteroatoms. The predicted molar refractivity (Wildman–Crippen MR) is 117 cm³/mol. The summed E-state index contributed by atoms with van der Waals surface area (Å²) >= 11 is 8.18. The third-order valence-corrected chi connectivity index (χ3v) is 7.14. The molecule has 0 N–H and O–H groups in total. The molecule has 0 saturated carbocycles. The second-order valence-electron chi connectivity index (χ2n) is 7.15. The number of methoxy groups -OCH3 is 1. The van der Waals surface area contributed by atoms with Crippen LogP contribution in [0.25, 0.3) is 0 Å². The van der Waals surface area contributed by atoms with E-state index in [1.54, 1.807) is 29.6 Å². The van der Waals surface area contributed by atoms with Crippen LogP contribution in [0.2, 0.25) is 5.15 Å². The van der Waals surface area contributed by atoms with Crippen LogP contribution in [0.15, 0.2) is 47.4 Å². The van der Waals surface area contributed by atoms with Gasteiger partial charge in [0.05, 0.1) is 18.5 Å². The van der Waals surface area contributed by atoms with Crippen LogP contribution in [0.3, 0.4) is 0 Å². The molecule has 0 saturated heterocycles. The van der Waals surface area contributed by atoms with Gasteiger partial charge in [0.1, 0.15) is 16.7 Å². The van der Waals surface area contributed by atoms with E-state index >= 15 is 0 Å². The fourth-order valence-electron chi connectivity index (χ4n) is 3.75. The summed E-state index contributed by atoms with van der Waals surface area (Å²) in [5.74, 6) is 0.634. The highest BCUT2D eigenvalue weighted by Gasteiger charge is 2.27. The molecule has 1 aromatic heterocycles. The zero-order valence-corrected chi connectivity index (χ0v) is 18.2. The first-order valence-corrected chi connectivity index (χ1v) is 10.8. The van der Waals surface area contributed by atoms with Crippen molar-refractivity contribution in [3.8, 4) is 5.75 Å². The van der Waals surface area contributed by atoms with Gasteiger partial charge in [-0.2, -0.15) is 5.10 Å². The van der Waals surface area contributed by atoms with Crippen LogP contribution >= 0.6 is 23.4 Å². The van der Waals surface area contributed by atoms with Crippen molar-refractivity contribution in [2.24, 2.45) is 7.05 Å². The number of aromatic nitrogens is 2. The maximum Gasteiger partial charge on any atom is 0.131 e. The number of nitrogens with zero attached hydrogens (tertiary/aromatic N) is 3. The summed E-state index contributed by atoms with van der Waals surface area (Å²) in [5, 5.41) is 5.12. The van der Waals surface area contributed by atoms with Gasteiger partial charge >= 0.3 is 0 Å². The summed E-state index contributed by atoms with van der Waals surface area (Å²) in [6.45, 7) is 3.42. The Bertz CT molecular complexity index is 1040. The Morgan fingerprint density at radius 2 is 2.07 bits per heavy atom. The van der Waals surface area contributed by atoms with E-state index in [1.165, 1.54) is 6.07 Å². The maximum absolute atomic E-state index is 14.5. The largest absolute Gasteiger partial charge is 0.497 e. The van der Waals surface area contributed by atoms with E-state index in [2.05, 4.69) is 16.1 Å². The van der Waals surface area contributed by atoms with Crippen LogP contribution in [-0.2, 0) is 13.6 Å². The minimum absolute atomic E-state index is 0.0255. The Balaban J connectivity index is 1.72. The van der Waals surface area contributed by atoms with Crippen molar-refractivity contribution < 1.29 is 9.13 Å². The number of anilines is 1. The number of ether oxygens (including phenoxy) is 1. The fourth-order valence-corrected chi connectivity index (χ4v) is 5.33. The van der Waals surface area contributed by atoms with Gasteiger partial charge in [-0.1, -0.05) is 29.8 Å². The van der Waals surface area contributed by atoms with E-state index in [1.807, 2.05) is 38.2 Å². The van der Waals surface area contributed by atoms with Crippen molar-refractivity contribution in [3.05, 3.63) is 70.3 Å². The Kier molecular flexibility index (Phi) is 5.74. The van der Waals surface area contributed by atoms with Crippen molar-refractivity contribution in [1.82, 2.24) is 9.78 Å². The van der Waals surface area contributed by atoms with Crippen molar-refractivity contribution in [3.63, 3.8) is 0 Å². The number of halogens is 2. The lowest BCUT2D eigenvalue weighted by Crippen LogP contribution is -2.24. The van der Waals surface area contributed by atoms with Gasteiger partial charge in [-0.25, -0.2) is 4.39 Å². The zero-order valence-electron chi connectivity index (χ0n) is 16.7. The molecule has 0 bridgehead atoms. The smallest absolute Gasteiger partial charge is 0.131 e. The van der Waals surface area contributed by atoms with E-state index in [9.17, 15) is 4.39 Å². The summed E-state index contributed by atoms with van der Waals surface area (Å²) in [5.41, 5.74) is 3.79. The molecule has 1 unspecified atom stereocenters. The molecule has 152 valence electrons. The fraction of sp³-hybridized carbons (Fsp3) is 0.318. The van der Waals surface area contributed by atoms with Gasteiger partial charge in [-0.05, 0) is 37.6 Å². The standard InChI is InChI=1S/C22H23ClFN3OS/c1-14-17(22(23)26(2)25-14)13-27-11-10-20(16-6-4-5-7-18(16)24)29-21-12-15(28-3)8-9-19(21)27/h4-9,12,20H,10-11,13H2,1-3H3. The Morgan fingerprint density at radius 1 is 1.28 bits per heavy atom. The molecule has 29 heavy (non-hydrogen) atoms. The van der Waals surface area contributed by atoms with E-state index in [-0.39, 0.29) is 11.1 Å². The molecule has 0 spiro atoms. The van der Waals surface area contributed by atoms with Gasteiger partial charge in [0.2, 0.25) is 0 Å². The molecule has 4 nitrogen and oxygen atoms in total. The van der Waals surface area contributed by atoms with Crippen molar-refractivity contribution in [2.45, 2.75) is 30.0 Å². The average Bonchev–Trinajstić information content (AvgIpc) is 2.87. The van der Waals surface area contributed by atoms with Crippen LogP contribution in [-0.4, -0.2) is 23.4 Å². The highest BCUT2D eigenvalue weighted by atomic mass is 35.5. The summed E-state index contributed by atoms with van der Waals surface area (Å²) in [6.07, 6.45) is 0.819. The molecule has 0 amide bonds. The number of hydrogen-bond donors (Lipinski definition) is 0. The number of rotatable bonds is 4. The quantitative estimate of drug-likeness (QED) is 0.524. The summed E-state index contributed by atoms with van der Waals surface area (Å²) in [7, 11) is 3.51. The molecule has 4 rings (SSSR count). The van der Waals surface area contributed by atoms with Crippen molar-refractivity contribution in [1.29, 1.82) is 0 Å². The Morgan fingerprint density at radius 3 is 2.76 bits per heavy atom. The number of hydrogen-bond acceptors (Lipinski definition) is 4. The molecule has 1 atom stereocenters. The van der Waals surface area contributed by atoms with Gasteiger partial charge < -0.3 is 9.64 Å². The molecular weight excluding hydrogens is 409 g/mol. The maximum atomic E-state index is 14.5. The van der Waals surface area contributed by atoms with Crippen LogP contribution in [0.1, 0.15) is 28.5 Å². The molecule has 3 aromatic rings. The lowest BCUT2D eigenvalue weighted by Gasteiger charge is -2.25. The van der Waals surface area contributed by atoms with Gasteiger partial charge in [0.15, 0.2) is 0 Å². The van der Waals surface area contributed by atoms with E-state index in [0.29, 0.717) is 11.7 Å². The van der Waals surface area contributed by atoms with Crippen LogP contribution in [0.4, 0.5) is 10.1 Å². The van der Waals surface area contributed by atoms with Crippen LogP contribution in [0.5, 0.6) is 5.75 Å². The molecular formula is C22H23ClFN3OS. The molecule has 0 radical (unpaired) electrons. The second kappa shape index (κ2) is 8.28. The first-order chi connectivity index (χ1) is 14.0. The third-order valence-electron chi connectivity index (χ3n) is 5.31. The number of thioether (sulfide) groups is 1. The van der Waals surface area contributed by atoms with Crippen molar-refractivity contribution in [2.75, 3.05) is 18.6 Å². The molecule has 0 aliphatic carbocycles. The van der Waals surface area contributed by atoms with Crippen molar-refractivity contribution >= 4 is 29.1 Å². The Hall–Kier alpha value is -2.18. The van der Waals surface area contributed by atoms with Crippen LogP contribution < -0.4 is 9.64 Å². The topological polar surface area (TPSA) is 30.3 Å². The number of benzene rings is 2. The first kappa shape index (κ1) is 20.1. The molecule has 0 fully saturated rings. The zero-order chi connectivity index (χ0) is 20.5. The van der Waals surface area contributed by atoms with E-state index < -0.39 is 0 Å². The summed E-state index contributed by atoms with van der Waals surface area (Å²) in [6, 6.07) is 13.1. The summed E-state index contributed by atoms with van der Waals surface area (Å²) in [4.78, 5) is 3.38. The Labute approximate surface area is 179 Å². The molecule has 1 aliphatic heterocycles. The highest BCUT2D eigenvalue weighted by Crippen LogP contribution is 2.47. The number of aryl methyl sites for hydroxylation is 2. The molecule has 2 aromatic carbocycles. The SMILES string of the molecule is COc1ccc2c(c1)SC(c1ccccc1F)CCN2Cc1c(C)nn(C)c1Cl. The predicted octanol–water partition coefficient (Wildman–Crippen LogP) is 5.77. The average molecular weight is 432 g/mol. The van der Waals surface area contributed by atoms with E-state index in [0.717, 1.165) is 46.1 Å². The van der Waals surface area contributed by atoms with Gasteiger partial charge in [-0.15, -0.1) is 11.8 Å². The minimum Gasteiger partial charge on any atom is -0.497 e. The third kappa shape index (κ3) is 3.96. The number of fused-ring (bicyclic) bond motifs is 1. The van der Waals surface area contributed by atoms with Crippen LogP contribution in [0, 0.1) is 12.7 Å².